The van der Waals surface area contributed by atoms with Crippen molar-refractivity contribution in [3.05, 3.63) is 120 Å². The van der Waals surface area contributed by atoms with Crippen LogP contribution in [-0.2, 0) is 120 Å². The van der Waals surface area contributed by atoms with E-state index in [0.29, 0.717) is 0 Å². The third-order valence-corrected chi connectivity index (χ3v) is 11.8. The lowest BCUT2D eigenvalue weighted by molar-refractivity contribution is -0.400. The van der Waals surface area contributed by atoms with Crippen LogP contribution in [0.3, 0.4) is 0 Å². The molecule has 3 fully saturated rings. The van der Waals surface area contributed by atoms with E-state index in [9.17, 15) is 19.2 Å². The minimum atomic E-state index is -1.62. The van der Waals surface area contributed by atoms with Gasteiger partial charge in [0.15, 0.2) is 43.3 Å². The Hall–Kier alpha value is -5.24. The van der Waals surface area contributed by atoms with Crippen LogP contribution >= 0.6 is 0 Å². The molecule has 74 heavy (non-hydrogen) atoms. The number of hydrogen-bond donors (Lipinski definition) is 0. The normalized spacial score (nSPS) is 29.9. The third kappa shape index (κ3) is 16.4. The molecule has 0 aliphatic carbocycles. The van der Waals surface area contributed by atoms with Gasteiger partial charge in [-0.15, -0.1) is 6.58 Å². The van der Waals surface area contributed by atoms with Gasteiger partial charge in [0.25, 0.3) is 0 Å². The second kappa shape index (κ2) is 29.7. The van der Waals surface area contributed by atoms with E-state index in [0.717, 1.165) is 30.5 Å². The molecule has 3 saturated heterocycles. The summed E-state index contributed by atoms with van der Waals surface area (Å²) in [6, 6.07) is 28.3. The molecule has 6 rings (SSSR count). The van der Waals surface area contributed by atoms with E-state index < -0.39 is 116 Å². The summed E-state index contributed by atoms with van der Waals surface area (Å²) in [6.45, 7) is 8.22. The first kappa shape index (κ1) is 58.0. The highest BCUT2D eigenvalue weighted by Crippen LogP contribution is 2.39. The largest absolute Gasteiger partial charge is 0.467 e. The molecule has 15 atom stereocenters. The van der Waals surface area contributed by atoms with Crippen molar-refractivity contribution in [1.82, 2.24) is 0 Å². The first-order valence-electron chi connectivity index (χ1n) is 24.1. The van der Waals surface area contributed by atoms with Crippen LogP contribution in [0.25, 0.3) is 0 Å². The van der Waals surface area contributed by atoms with Gasteiger partial charge in [0.05, 0.1) is 46.2 Å². The summed E-state index contributed by atoms with van der Waals surface area (Å²) in [5.41, 5.74) is 2.47. The molecule has 0 unspecified atom stereocenters. The number of methoxy groups -OCH3 is 3. The molecule has 0 N–H and O–H groups in total. The predicted octanol–water partition coefficient (Wildman–Crippen LogP) is 4.49. The van der Waals surface area contributed by atoms with Crippen LogP contribution < -0.4 is 0 Å². The van der Waals surface area contributed by atoms with Gasteiger partial charge in [0.2, 0.25) is 0 Å². The van der Waals surface area contributed by atoms with E-state index in [2.05, 4.69) is 6.58 Å². The minimum Gasteiger partial charge on any atom is -0.467 e. The Morgan fingerprint density at radius 1 is 0.514 bits per heavy atom. The lowest BCUT2D eigenvalue weighted by Crippen LogP contribution is -2.68. The van der Waals surface area contributed by atoms with Crippen LogP contribution in [0.2, 0.25) is 0 Å². The molecule has 0 radical (unpaired) electrons. The number of carbonyl (C=O) groups is 4. The van der Waals surface area contributed by atoms with Crippen molar-refractivity contribution in [1.29, 1.82) is 0 Å². The number of carbonyl (C=O) groups excluding carboxylic acids is 4. The highest BCUT2D eigenvalue weighted by molar-refractivity contribution is 5.75. The Balaban J connectivity index is 1.53. The first-order valence-corrected chi connectivity index (χ1v) is 24.1. The van der Waals surface area contributed by atoms with Crippen molar-refractivity contribution < 1.29 is 99.7 Å². The maximum atomic E-state index is 13.5. The number of rotatable bonds is 27. The number of hydrogen-bond acceptors (Lipinski definition) is 21. The molecule has 0 bridgehead atoms. The van der Waals surface area contributed by atoms with Gasteiger partial charge in [-0.25, -0.2) is 4.79 Å². The third-order valence-electron chi connectivity index (χ3n) is 11.8. The second-order valence-electron chi connectivity index (χ2n) is 17.3. The number of ether oxygens (including phenoxy) is 17. The van der Waals surface area contributed by atoms with Crippen molar-refractivity contribution in [3.63, 3.8) is 0 Å². The lowest BCUT2D eigenvalue weighted by Gasteiger charge is -2.51. The Morgan fingerprint density at radius 2 is 0.986 bits per heavy atom. The maximum absolute atomic E-state index is 13.5. The van der Waals surface area contributed by atoms with E-state index in [1.54, 1.807) is 6.92 Å². The zero-order valence-electron chi connectivity index (χ0n) is 42.6. The van der Waals surface area contributed by atoms with Crippen molar-refractivity contribution >= 4 is 23.9 Å². The Labute approximate surface area is 430 Å². The van der Waals surface area contributed by atoms with E-state index in [1.165, 1.54) is 34.3 Å². The summed E-state index contributed by atoms with van der Waals surface area (Å²) in [5.74, 6) is -3.14. The van der Waals surface area contributed by atoms with Crippen molar-refractivity contribution in [2.24, 2.45) is 0 Å². The zero-order valence-corrected chi connectivity index (χ0v) is 42.6. The van der Waals surface area contributed by atoms with Gasteiger partial charge in [-0.2, -0.15) is 0 Å². The lowest BCUT2D eigenvalue weighted by atomic mass is 9.95. The van der Waals surface area contributed by atoms with Crippen LogP contribution in [0.15, 0.2) is 104 Å². The molecule has 0 amide bonds. The van der Waals surface area contributed by atoms with Gasteiger partial charge in [0.1, 0.15) is 56.3 Å². The van der Waals surface area contributed by atoms with Crippen molar-refractivity contribution in [2.75, 3.05) is 48.1 Å². The van der Waals surface area contributed by atoms with Gasteiger partial charge in [-0.1, -0.05) is 97.1 Å². The molecule has 21 nitrogen and oxygen atoms in total. The SMILES string of the molecule is C=CCO[C@@H]1O[C@H](C(=O)OC)[C@@H](OCOC)[C@H](OCOC)[C@H]1O[C@@H]1O[C@H](COCc2ccccc2)[C@H](OCc2ccccc2)[C@H](OCc2ccccc2)[C@H]1O[C@@H]1O[C@@H](C)[C@H](OC(C)=O)[C@@H](OC(C)=O)[C@H]1OC(C)=O. The van der Waals surface area contributed by atoms with Gasteiger partial charge < -0.3 is 80.5 Å². The average molecular weight is 1040 g/mol. The second-order valence-corrected chi connectivity index (χ2v) is 17.3. The molecule has 3 aliphatic heterocycles. The highest BCUT2D eigenvalue weighted by atomic mass is 16.8. The summed E-state index contributed by atoms with van der Waals surface area (Å²) in [4.78, 5) is 51.7. The molecule has 0 aromatic heterocycles. The Kier molecular flexibility index (Phi) is 23.3. The molecule has 21 heteroatoms. The quantitative estimate of drug-likeness (QED) is 0.0444. The topological polar surface area (TPSA) is 225 Å². The van der Waals surface area contributed by atoms with E-state index in [-0.39, 0.29) is 46.6 Å². The molecule has 3 aliphatic rings. The summed E-state index contributed by atoms with van der Waals surface area (Å²) >= 11 is 0. The number of esters is 4. The van der Waals surface area contributed by atoms with E-state index in [1.807, 2.05) is 91.0 Å². The van der Waals surface area contributed by atoms with E-state index in [4.69, 9.17) is 80.5 Å². The van der Waals surface area contributed by atoms with Crippen LogP contribution in [0.5, 0.6) is 0 Å². The highest BCUT2D eigenvalue weighted by Gasteiger charge is 2.59. The summed E-state index contributed by atoms with van der Waals surface area (Å²) < 4.78 is 106. The van der Waals surface area contributed by atoms with Crippen LogP contribution in [0.4, 0.5) is 0 Å². The molecule has 3 aromatic rings. The van der Waals surface area contributed by atoms with Gasteiger partial charge in [-0.3, -0.25) is 14.4 Å². The van der Waals surface area contributed by atoms with Crippen LogP contribution in [0, 0.1) is 0 Å². The summed E-state index contributed by atoms with van der Waals surface area (Å²) in [5, 5.41) is 0. The van der Waals surface area contributed by atoms with E-state index >= 15 is 0 Å². The summed E-state index contributed by atoms with van der Waals surface area (Å²) in [7, 11) is 3.99. The molecule has 406 valence electrons. The minimum absolute atomic E-state index is 0.00823. The maximum Gasteiger partial charge on any atom is 0.337 e. The van der Waals surface area contributed by atoms with Gasteiger partial charge >= 0.3 is 23.9 Å². The molecular weight excluding hydrogens is 973 g/mol. The fourth-order valence-electron chi connectivity index (χ4n) is 8.67. The Bertz CT molecular complexity index is 2170. The van der Waals surface area contributed by atoms with Crippen molar-refractivity contribution in [3.8, 4) is 0 Å². The standard InChI is InChI=1S/C53H68O21/c1-9-25-62-51-47(44(66-31-59-7)43(65-30-58-6)46(72-51)50(57)60-8)73-53-48(74-52-49(70-35(5)56)45(69-34(4)55)40(32(2)67-52)68-33(3)54)42(64-28-38-23-17-12-18-24-38)41(63-27-37-21-15-11-16-22-37)39(71-53)29-61-26-36-19-13-10-14-20-36/h9-24,32,39-49,51-53H,1,25-31H2,2-8H3/t32-,39+,40-,41-,42-,43-,44-,45+,46-,47+,48+,49+,51+,52-,53-/m0/s1. The molecule has 3 aromatic carbocycles. The monoisotopic (exact) mass is 1040 g/mol. The van der Waals surface area contributed by atoms with Gasteiger partial charge in [0, 0.05) is 35.0 Å². The van der Waals surface area contributed by atoms with Crippen LogP contribution in [-0.4, -0.2) is 164 Å². The fourth-order valence-corrected chi connectivity index (χ4v) is 8.67. The predicted molar refractivity (Wildman–Crippen MR) is 256 cm³/mol. The molecule has 0 saturated carbocycles. The Morgan fingerprint density at radius 3 is 1.51 bits per heavy atom. The number of benzene rings is 3. The van der Waals surface area contributed by atoms with Gasteiger partial charge in [-0.05, 0) is 23.6 Å². The molecule has 0 spiro atoms. The first-order chi connectivity index (χ1) is 35.8. The summed E-state index contributed by atoms with van der Waals surface area (Å²) in [6.07, 6.45) is -18.6. The smallest absolute Gasteiger partial charge is 0.337 e. The van der Waals surface area contributed by atoms with Crippen LogP contribution in [0.1, 0.15) is 44.4 Å². The van der Waals surface area contributed by atoms with Crippen molar-refractivity contribution in [2.45, 2.75) is 140 Å². The average Bonchev–Trinajstić information content (AvgIpc) is 3.39. The zero-order chi connectivity index (χ0) is 53.0. The molecule has 3 heterocycles. The molecular formula is C53H68O21. The fraction of sp³-hybridized carbons (Fsp3) is 0.547.